The highest BCUT2D eigenvalue weighted by Gasteiger charge is 2.22. The molecule has 0 amide bonds. The van der Waals surface area contributed by atoms with E-state index in [4.69, 9.17) is 4.42 Å². The first-order valence-corrected chi connectivity index (χ1v) is 11.9. The summed E-state index contributed by atoms with van der Waals surface area (Å²) in [6.45, 7) is 2.05. The molecule has 1 atom stereocenters. The number of hydrogen-bond donors (Lipinski definition) is 1. The van der Waals surface area contributed by atoms with Gasteiger partial charge >= 0.3 is 0 Å². The number of aromatic nitrogens is 1. The number of rotatable bonds is 7. The van der Waals surface area contributed by atoms with Gasteiger partial charge in [0, 0.05) is 29.8 Å². The van der Waals surface area contributed by atoms with Crippen molar-refractivity contribution in [2.75, 3.05) is 20.6 Å². The molecule has 8 heteroatoms. The van der Waals surface area contributed by atoms with Gasteiger partial charge in [-0.1, -0.05) is 30.3 Å². The number of fused-ring (bicyclic) bond motifs is 1. The van der Waals surface area contributed by atoms with Crippen LogP contribution in [0.1, 0.15) is 17.5 Å². The molecule has 0 aliphatic carbocycles. The molecule has 0 spiro atoms. The normalized spacial score (nSPS) is 13.2. The van der Waals surface area contributed by atoms with Gasteiger partial charge in [0.05, 0.1) is 4.90 Å². The van der Waals surface area contributed by atoms with Crippen LogP contribution in [0.2, 0.25) is 0 Å². The van der Waals surface area contributed by atoms with Crippen molar-refractivity contribution in [3.63, 3.8) is 0 Å². The summed E-state index contributed by atoms with van der Waals surface area (Å²) in [6, 6.07) is 14.8. The first-order chi connectivity index (χ1) is 14.3. The Hall–Kier alpha value is -2.52. The van der Waals surface area contributed by atoms with E-state index in [1.807, 2.05) is 31.1 Å². The van der Waals surface area contributed by atoms with E-state index in [1.165, 1.54) is 4.70 Å². The van der Waals surface area contributed by atoms with Crippen molar-refractivity contribution in [2.24, 2.45) is 0 Å². The SMILES string of the molecule is Cc1nc(-c2ccc(S(=O)(=O)NC[C@@H](c3csc4ccccc34)N(C)C)cc2)co1. The second kappa shape index (κ2) is 8.31. The van der Waals surface area contributed by atoms with E-state index in [2.05, 4.69) is 27.2 Å². The lowest BCUT2D eigenvalue weighted by atomic mass is 10.1. The summed E-state index contributed by atoms with van der Waals surface area (Å²) in [4.78, 5) is 6.52. The zero-order valence-electron chi connectivity index (χ0n) is 17.0. The van der Waals surface area contributed by atoms with Crippen LogP contribution in [0.15, 0.2) is 69.5 Å². The van der Waals surface area contributed by atoms with Crippen molar-refractivity contribution in [3.8, 4) is 11.3 Å². The monoisotopic (exact) mass is 441 g/mol. The number of oxazole rings is 1. The van der Waals surface area contributed by atoms with Gasteiger partial charge in [0.1, 0.15) is 12.0 Å². The van der Waals surface area contributed by atoms with Crippen molar-refractivity contribution >= 4 is 31.4 Å². The van der Waals surface area contributed by atoms with Gasteiger partial charge in [0.25, 0.3) is 0 Å². The Labute approximate surface area is 180 Å². The first-order valence-electron chi connectivity index (χ1n) is 9.50. The minimum absolute atomic E-state index is 0.0756. The van der Waals surface area contributed by atoms with Gasteiger partial charge < -0.3 is 9.32 Å². The van der Waals surface area contributed by atoms with E-state index in [1.54, 1.807) is 48.8 Å². The fraction of sp³-hybridized carbons (Fsp3) is 0.227. The average molecular weight is 442 g/mol. The number of sulfonamides is 1. The molecule has 0 aliphatic heterocycles. The predicted octanol–water partition coefficient (Wildman–Crippen LogP) is 4.45. The molecule has 0 bridgehead atoms. The van der Waals surface area contributed by atoms with E-state index in [0.717, 1.165) is 16.5 Å². The van der Waals surface area contributed by atoms with Crippen molar-refractivity contribution in [1.29, 1.82) is 0 Å². The number of aryl methyl sites for hydroxylation is 1. The molecule has 2 aromatic carbocycles. The van der Waals surface area contributed by atoms with E-state index >= 15 is 0 Å². The van der Waals surface area contributed by atoms with E-state index in [-0.39, 0.29) is 17.5 Å². The Morgan fingerprint density at radius 3 is 2.53 bits per heavy atom. The maximum atomic E-state index is 12.9. The highest BCUT2D eigenvalue weighted by atomic mass is 32.2. The molecule has 6 nitrogen and oxygen atoms in total. The summed E-state index contributed by atoms with van der Waals surface area (Å²) < 4.78 is 35.0. The number of benzene rings is 2. The molecule has 0 saturated heterocycles. The van der Waals surface area contributed by atoms with Gasteiger partial charge in [0.2, 0.25) is 10.0 Å². The minimum atomic E-state index is -3.64. The Morgan fingerprint density at radius 1 is 1.13 bits per heavy atom. The van der Waals surface area contributed by atoms with Crippen LogP contribution in [-0.2, 0) is 10.0 Å². The molecule has 2 aromatic heterocycles. The Morgan fingerprint density at radius 2 is 1.87 bits per heavy atom. The van der Waals surface area contributed by atoms with Crippen LogP contribution in [0.3, 0.4) is 0 Å². The quantitative estimate of drug-likeness (QED) is 0.459. The molecule has 156 valence electrons. The molecular formula is C22H23N3O3S2. The molecule has 0 unspecified atom stereocenters. The second-order valence-electron chi connectivity index (χ2n) is 7.29. The van der Waals surface area contributed by atoms with Crippen molar-refractivity contribution < 1.29 is 12.8 Å². The average Bonchev–Trinajstić information content (AvgIpc) is 3.35. The molecule has 0 saturated carbocycles. The fourth-order valence-electron chi connectivity index (χ4n) is 3.40. The lowest BCUT2D eigenvalue weighted by Crippen LogP contribution is -2.34. The van der Waals surface area contributed by atoms with Crippen LogP contribution in [0, 0.1) is 6.92 Å². The second-order valence-corrected chi connectivity index (χ2v) is 9.97. The third-order valence-corrected chi connectivity index (χ3v) is 7.46. The molecule has 2 heterocycles. The fourth-order valence-corrected chi connectivity index (χ4v) is 5.45. The summed E-state index contributed by atoms with van der Waals surface area (Å²) >= 11 is 1.67. The zero-order chi connectivity index (χ0) is 21.3. The maximum absolute atomic E-state index is 12.9. The first kappa shape index (κ1) is 20.7. The van der Waals surface area contributed by atoms with E-state index in [9.17, 15) is 8.42 Å². The van der Waals surface area contributed by atoms with Gasteiger partial charge in [-0.2, -0.15) is 0 Å². The third-order valence-electron chi connectivity index (χ3n) is 5.04. The lowest BCUT2D eigenvalue weighted by molar-refractivity contribution is 0.301. The summed E-state index contributed by atoms with van der Waals surface area (Å²) in [6.07, 6.45) is 1.56. The molecule has 4 aromatic rings. The predicted molar refractivity (Wildman–Crippen MR) is 120 cm³/mol. The highest BCUT2D eigenvalue weighted by molar-refractivity contribution is 7.89. The lowest BCUT2D eigenvalue weighted by Gasteiger charge is -2.24. The zero-order valence-corrected chi connectivity index (χ0v) is 18.6. The third kappa shape index (κ3) is 4.17. The van der Waals surface area contributed by atoms with Gasteiger partial charge in [-0.25, -0.2) is 18.1 Å². The van der Waals surface area contributed by atoms with Crippen molar-refractivity contribution in [1.82, 2.24) is 14.6 Å². The number of nitrogens with zero attached hydrogens (tertiary/aromatic N) is 2. The van der Waals surface area contributed by atoms with Crippen molar-refractivity contribution in [3.05, 3.63) is 71.6 Å². The number of nitrogens with one attached hydrogen (secondary N) is 1. The molecule has 30 heavy (non-hydrogen) atoms. The molecular weight excluding hydrogens is 418 g/mol. The smallest absolute Gasteiger partial charge is 0.240 e. The topological polar surface area (TPSA) is 75.4 Å². The summed E-state index contributed by atoms with van der Waals surface area (Å²) in [7, 11) is 0.273. The van der Waals surface area contributed by atoms with E-state index < -0.39 is 10.0 Å². The number of hydrogen-bond acceptors (Lipinski definition) is 6. The van der Waals surface area contributed by atoms with Gasteiger partial charge in [-0.15, -0.1) is 11.3 Å². The van der Waals surface area contributed by atoms with Crippen LogP contribution < -0.4 is 4.72 Å². The molecule has 0 radical (unpaired) electrons. The minimum Gasteiger partial charge on any atom is -0.449 e. The summed E-state index contributed by atoms with van der Waals surface area (Å²) in [5, 5.41) is 3.27. The van der Waals surface area contributed by atoms with Crippen LogP contribution in [0.25, 0.3) is 21.3 Å². The number of thiophene rings is 1. The molecule has 4 rings (SSSR count). The van der Waals surface area contributed by atoms with Crippen LogP contribution in [0.4, 0.5) is 0 Å². The summed E-state index contributed by atoms with van der Waals surface area (Å²) in [5.74, 6) is 0.569. The van der Waals surface area contributed by atoms with Gasteiger partial charge in [0.15, 0.2) is 5.89 Å². The van der Waals surface area contributed by atoms with Crippen LogP contribution in [0.5, 0.6) is 0 Å². The standard InChI is InChI=1S/C22H23N3O3S2/c1-15-24-20(13-28-15)16-8-10-17(11-9-16)30(26,27)23-12-21(25(2)3)19-14-29-22-7-5-4-6-18(19)22/h4-11,13-14,21,23H,12H2,1-3H3/t21-/m0/s1. The van der Waals surface area contributed by atoms with Gasteiger partial charge in [-0.3, -0.25) is 0 Å². The highest BCUT2D eigenvalue weighted by Crippen LogP contribution is 2.32. The maximum Gasteiger partial charge on any atom is 0.240 e. The molecule has 1 N–H and O–H groups in total. The Bertz CT molecular complexity index is 1260. The largest absolute Gasteiger partial charge is 0.449 e. The van der Waals surface area contributed by atoms with Crippen LogP contribution in [-0.4, -0.2) is 38.9 Å². The Balaban J connectivity index is 1.53. The molecule has 0 fully saturated rings. The van der Waals surface area contributed by atoms with Crippen molar-refractivity contribution in [2.45, 2.75) is 17.9 Å². The summed E-state index contributed by atoms with van der Waals surface area (Å²) in [5.41, 5.74) is 2.61. The molecule has 0 aliphatic rings. The van der Waals surface area contributed by atoms with E-state index in [0.29, 0.717) is 11.6 Å². The Kier molecular flexibility index (Phi) is 5.75. The van der Waals surface area contributed by atoms with Crippen LogP contribution >= 0.6 is 11.3 Å². The van der Waals surface area contributed by atoms with Gasteiger partial charge in [-0.05, 0) is 48.6 Å². The number of likely N-dealkylation sites (N-methyl/N-ethyl adjacent to an activating group) is 1.